The molecule has 3 aromatic rings. The largest absolute Gasteiger partial charge is 0.497 e. The van der Waals surface area contributed by atoms with Crippen molar-refractivity contribution in [2.75, 3.05) is 12.4 Å². The highest BCUT2D eigenvalue weighted by atomic mass is 32.2. The SMILES string of the molecule is COc1ccc([C@@H]2CC(=O)Nc3c(S(=O)(=O)c4ccc(C)cc4)csc32)cc1. The van der Waals surface area contributed by atoms with E-state index in [0.29, 0.717) is 5.69 Å². The Labute approximate surface area is 167 Å². The van der Waals surface area contributed by atoms with E-state index in [-0.39, 0.29) is 28.0 Å². The van der Waals surface area contributed by atoms with Crippen LogP contribution in [0.1, 0.15) is 28.3 Å². The van der Waals surface area contributed by atoms with Gasteiger partial charge >= 0.3 is 0 Å². The van der Waals surface area contributed by atoms with Crippen LogP contribution in [0.15, 0.2) is 63.7 Å². The molecule has 0 radical (unpaired) electrons. The van der Waals surface area contributed by atoms with Crippen LogP contribution in [0.25, 0.3) is 0 Å². The normalized spacial score (nSPS) is 16.4. The maximum Gasteiger partial charge on any atom is 0.225 e. The number of carbonyl (C=O) groups is 1. The number of hydrogen-bond donors (Lipinski definition) is 1. The molecule has 1 N–H and O–H groups in total. The van der Waals surface area contributed by atoms with E-state index in [0.717, 1.165) is 21.8 Å². The molecule has 2 heterocycles. The second-order valence-corrected chi connectivity index (χ2v) is 9.56. The molecule has 4 rings (SSSR count). The first kappa shape index (κ1) is 18.7. The molecule has 0 spiro atoms. The lowest BCUT2D eigenvalue weighted by Gasteiger charge is -2.24. The summed E-state index contributed by atoms with van der Waals surface area (Å²) in [6, 6.07) is 14.3. The van der Waals surface area contributed by atoms with Crippen molar-refractivity contribution in [1.29, 1.82) is 0 Å². The number of rotatable bonds is 4. The average Bonchev–Trinajstić information content (AvgIpc) is 3.12. The molecular weight excluding hydrogens is 394 g/mol. The molecule has 28 heavy (non-hydrogen) atoms. The third kappa shape index (κ3) is 3.21. The number of aryl methyl sites for hydroxylation is 1. The molecule has 0 saturated heterocycles. The van der Waals surface area contributed by atoms with E-state index in [9.17, 15) is 13.2 Å². The van der Waals surface area contributed by atoms with Crippen molar-refractivity contribution in [2.45, 2.75) is 29.1 Å². The topological polar surface area (TPSA) is 72.5 Å². The summed E-state index contributed by atoms with van der Waals surface area (Å²) in [5, 5.41) is 4.41. The summed E-state index contributed by atoms with van der Waals surface area (Å²) in [5.74, 6) is 0.367. The third-order valence-electron chi connectivity index (χ3n) is 4.90. The minimum atomic E-state index is -3.72. The molecule has 0 saturated carbocycles. The Hall–Kier alpha value is -2.64. The molecule has 0 aliphatic carbocycles. The standard InChI is InChI=1S/C21H19NO4S2/c1-13-3-9-16(10-4-13)28(24,25)18-12-27-21-17(11-19(23)22-20(18)21)14-5-7-15(26-2)8-6-14/h3-10,12,17H,11H2,1-2H3,(H,22,23)/t17-/m0/s1. The van der Waals surface area contributed by atoms with Gasteiger partial charge in [-0.05, 0) is 36.8 Å². The predicted molar refractivity (Wildman–Crippen MR) is 109 cm³/mol. The van der Waals surface area contributed by atoms with Crippen LogP contribution in [0.2, 0.25) is 0 Å². The maximum absolute atomic E-state index is 13.2. The first-order chi connectivity index (χ1) is 13.4. The number of benzene rings is 2. The van der Waals surface area contributed by atoms with Gasteiger partial charge in [-0.15, -0.1) is 11.3 Å². The van der Waals surface area contributed by atoms with E-state index in [4.69, 9.17) is 4.74 Å². The summed E-state index contributed by atoms with van der Waals surface area (Å²) >= 11 is 1.37. The number of fused-ring (bicyclic) bond motifs is 1. The Morgan fingerprint density at radius 3 is 2.39 bits per heavy atom. The first-order valence-electron chi connectivity index (χ1n) is 8.77. The zero-order chi connectivity index (χ0) is 19.9. The predicted octanol–water partition coefficient (Wildman–Crippen LogP) is 4.37. The number of amides is 1. The lowest BCUT2D eigenvalue weighted by molar-refractivity contribution is -0.116. The lowest BCUT2D eigenvalue weighted by Crippen LogP contribution is -2.23. The molecule has 0 unspecified atom stereocenters. The van der Waals surface area contributed by atoms with Gasteiger partial charge in [0.1, 0.15) is 10.6 Å². The smallest absolute Gasteiger partial charge is 0.225 e. The maximum atomic E-state index is 13.2. The van der Waals surface area contributed by atoms with E-state index >= 15 is 0 Å². The Morgan fingerprint density at radius 1 is 1.07 bits per heavy atom. The average molecular weight is 414 g/mol. The van der Waals surface area contributed by atoms with Crippen molar-refractivity contribution in [3.05, 3.63) is 69.9 Å². The number of nitrogens with one attached hydrogen (secondary N) is 1. The Kier molecular flexibility index (Phi) is 4.72. The number of thiophene rings is 1. The van der Waals surface area contributed by atoms with E-state index in [1.807, 2.05) is 31.2 Å². The second-order valence-electron chi connectivity index (χ2n) is 6.73. The summed E-state index contributed by atoms with van der Waals surface area (Å²) in [4.78, 5) is 13.6. The van der Waals surface area contributed by atoms with Gasteiger partial charge in [-0.25, -0.2) is 8.42 Å². The molecular formula is C21H19NO4S2. The number of anilines is 1. The Balaban J connectivity index is 1.79. The molecule has 5 nitrogen and oxygen atoms in total. The van der Waals surface area contributed by atoms with Crippen LogP contribution in [-0.2, 0) is 14.6 Å². The van der Waals surface area contributed by atoms with Gasteiger partial charge in [-0.3, -0.25) is 4.79 Å². The number of ether oxygens (including phenoxy) is 1. The van der Waals surface area contributed by atoms with Crippen LogP contribution in [0.4, 0.5) is 5.69 Å². The molecule has 1 amide bonds. The van der Waals surface area contributed by atoms with E-state index in [2.05, 4.69) is 5.32 Å². The van der Waals surface area contributed by atoms with E-state index in [1.165, 1.54) is 11.3 Å². The van der Waals surface area contributed by atoms with Gasteiger partial charge in [0.15, 0.2) is 0 Å². The highest BCUT2D eigenvalue weighted by Crippen LogP contribution is 2.46. The fourth-order valence-corrected chi connectivity index (χ4v) is 6.26. The number of sulfone groups is 1. The molecule has 1 atom stereocenters. The minimum Gasteiger partial charge on any atom is -0.497 e. The summed E-state index contributed by atoms with van der Waals surface area (Å²) in [5.41, 5.74) is 2.35. The molecule has 0 fully saturated rings. The van der Waals surface area contributed by atoms with Crippen LogP contribution in [-0.4, -0.2) is 21.4 Å². The lowest BCUT2D eigenvalue weighted by atomic mass is 9.91. The van der Waals surface area contributed by atoms with Crippen LogP contribution in [0, 0.1) is 6.92 Å². The van der Waals surface area contributed by atoms with Gasteiger partial charge in [0.2, 0.25) is 15.7 Å². The van der Waals surface area contributed by atoms with E-state index < -0.39 is 9.84 Å². The van der Waals surface area contributed by atoms with E-state index in [1.54, 1.807) is 36.8 Å². The van der Waals surface area contributed by atoms with Crippen molar-refractivity contribution in [3.8, 4) is 5.75 Å². The fourth-order valence-electron chi connectivity index (χ4n) is 3.35. The molecule has 144 valence electrons. The van der Waals surface area contributed by atoms with Crippen molar-refractivity contribution >= 4 is 32.8 Å². The highest BCUT2D eigenvalue weighted by Gasteiger charge is 2.34. The fraction of sp³-hybridized carbons (Fsp3) is 0.190. The molecule has 7 heteroatoms. The highest BCUT2D eigenvalue weighted by molar-refractivity contribution is 7.91. The van der Waals surface area contributed by atoms with Crippen molar-refractivity contribution in [2.24, 2.45) is 0 Å². The zero-order valence-electron chi connectivity index (χ0n) is 15.4. The summed E-state index contributed by atoms with van der Waals surface area (Å²) in [7, 11) is -2.12. The molecule has 2 aromatic carbocycles. The van der Waals surface area contributed by atoms with Crippen molar-refractivity contribution < 1.29 is 17.9 Å². The van der Waals surface area contributed by atoms with Gasteiger partial charge in [0, 0.05) is 22.6 Å². The quantitative estimate of drug-likeness (QED) is 0.689. The van der Waals surface area contributed by atoms with Crippen LogP contribution < -0.4 is 10.1 Å². The molecule has 1 aliphatic rings. The number of hydrogen-bond acceptors (Lipinski definition) is 5. The summed E-state index contributed by atoms with van der Waals surface area (Å²) < 4.78 is 31.5. The zero-order valence-corrected chi connectivity index (χ0v) is 17.1. The molecule has 1 aromatic heterocycles. The molecule has 1 aliphatic heterocycles. The van der Waals surface area contributed by atoms with Gasteiger partial charge in [-0.2, -0.15) is 0 Å². The summed E-state index contributed by atoms with van der Waals surface area (Å²) in [6.45, 7) is 1.91. The van der Waals surface area contributed by atoms with Gasteiger partial charge in [0.05, 0.1) is 17.7 Å². The Bertz CT molecular complexity index is 1130. The first-order valence-corrected chi connectivity index (χ1v) is 11.1. The number of methoxy groups -OCH3 is 1. The number of carbonyl (C=O) groups excluding carboxylic acids is 1. The van der Waals surface area contributed by atoms with Gasteiger partial charge in [0.25, 0.3) is 0 Å². The van der Waals surface area contributed by atoms with Crippen molar-refractivity contribution in [1.82, 2.24) is 0 Å². The van der Waals surface area contributed by atoms with Crippen molar-refractivity contribution in [3.63, 3.8) is 0 Å². The van der Waals surface area contributed by atoms with Gasteiger partial charge in [-0.1, -0.05) is 29.8 Å². The monoisotopic (exact) mass is 413 g/mol. The Morgan fingerprint density at radius 2 is 1.75 bits per heavy atom. The third-order valence-corrected chi connectivity index (χ3v) is 7.93. The van der Waals surface area contributed by atoms with Crippen LogP contribution in [0.3, 0.4) is 0 Å². The summed E-state index contributed by atoms with van der Waals surface area (Å²) in [6.07, 6.45) is 0.282. The van der Waals surface area contributed by atoms with Gasteiger partial charge < -0.3 is 10.1 Å². The molecule has 0 bridgehead atoms. The second kappa shape index (κ2) is 7.07. The van der Waals surface area contributed by atoms with Crippen LogP contribution in [0.5, 0.6) is 5.75 Å². The van der Waals surface area contributed by atoms with Crippen LogP contribution >= 0.6 is 11.3 Å². The minimum absolute atomic E-state index is 0.155.